The summed E-state index contributed by atoms with van der Waals surface area (Å²) in [5.74, 6) is 0.493. The van der Waals surface area contributed by atoms with Crippen molar-refractivity contribution in [1.29, 1.82) is 0 Å². The third-order valence-corrected chi connectivity index (χ3v) is 4.87. The molecule has 7 heteroatoms. The largest absolute Gasteiger partial charge is 0.337 e. The lowest BCUT2D eigenvalue weighted by Gasteiger charge is -2.31. The zero-order valence-electron chi connectivity index (χ0n) is 14.7. The molecule has 0 bridgehead atoms. The zero-order chi connectivity index (χ0) is 16.9. The van der Waals surface area contributed by atoms with Crippen LogP contribution in [0.5, 0.6) is 0 Å². The Bertz CT molecular complexity index is 747. The van der Waals surface area contributed by atoms with Crippen molar-refractivity contribution >= 4 is 29.5 Å². The number of hydrogen-bond donors (Lipinski definition) is 2. The summed E-state index contributed by atoms with van der Waals surface area (Å²) in [7, 11) is 0. The SMILES string of the molecule is CCCCN1CCC(CNC(=O)n2c(=O)[nH]c3ccccc32)CC1.Cl. The maximum Gasteiger partial charge on any atom is 0.334 e. The average Bonchev–Trinajstić information content (AvgIpc) is 2.94. The van der Waals surface area contributed by atoms with Crippen LogP contribution in [0.15, 0.2) is 29.1 Å². The predicted molar refractivity (Wildman–Crippen MR) is 103 cm³/mol. The molecule has 2 heterocycles. The van der Waals surface area contributed by atoms with E-state index in [1.807, 2.05) is 12.1 Å². The van der Waals surface area contributed by atoms with E-state index in [1.54, 1.807) is 12.1 Å². The lowest BCUT2D eigenvalue weighted by Crippen LogP contribution is -2.41. The van der Waals surface area contributed by atoms with Gasteiger partial charge in [0.2, 0.25) is 0 Å². The van der Waals surface area contributed by atoms with E-state index in [0.717, 1.165) is 25.9 Å². The van der Waals surface area contributed by atoms with Crippen molar-refractivity contribution in [3.8, 4) is 0 Å². The smallest absolute Gasteiger partial charge is 0.334 e. The average molecular weight is 367 g/mol. The van der Waals surface area contributed by atoms with Gasteiger partial charge in [-0.05, 0) is 56.9 Å². The van der Waals surface area contributed by atoms with Gasteiger partial charge in [0.1, 0.15) is 0 Å². The molecule has 0 saturated carbocycles. The number of para-hydroxylation sites is 2. The lowest BCUT2D eigenvalue weighted by molar-refractivity contribution is 0.179. The second-order valence-corrected chi connectivity index (χ2v) is 6.61. The Balaban J connectivity index is 0.00000225. The van der Waals surface area contributed by atoms with Crippen LogP contribution in [0.2, 0.25) is 0 Å². The molecule has 2 N–H and O–H groups in total. The van der Waals surface area contributed by atoms with Crippen LogP contribution in [-0.4, -0.2) is 46.7 Å². The molecular formula is C18H27ClN4O2. The van der Waals surface area contributed by atoms with E-state index < -0.39 is 0 Å². The Morgan fingerprint density at radius 1 is 1.28 bits per heavy atom. The van der Waals surface area contributed by atoms with Crippen molar-refractivity contribution in [2.24, 2.45) is 5.92 Å². The topological polar surface area (TPSA) is 70.1 Å². The van der Waals surface area contributed by atoms with Crippen molar-refractivity contribution in [3.63, 3.8) is 0 Å². The molecule has 0 unspecified atom stereocenters. The number of hydrogen-bond acceptors (Lipinski definition) is 3. The summed E-state index contributed by atoms with van der Waals surface area (Å²) in [5.41, 5.74) is 0.916. The summed E-state index contributed by atoms with van der Waals surface area (Å²) in [4.78, 5) is 29.6. The van der Waals surface area contributed by atoms with Crippen LogP contribution in [-0.2, 0) is 0 Å². The fraction of sp³-hybridized carbons (Fsp3) is 0.556. The zero-order valence-corrected chi connectivity index (χ0v) is 15.5. The normalized spacial score (nSPS) is 15.9. The second-order valence-electron chi connectivity index (χ2n) is 6.61. The number of amides is 1. The van der Waals surface area contributed by atoms with Crippen LogP contribution in [0.25, 0.3) is 11.0 Å². The standard InChI is InChI=1S/C18H26N4O2.ClH/c1-2-3-10-21-11-8-14(9-12-21)13-19-17(23)22-16-7-5-4-6-15(16)20-18(22)24;/h4-7,14H,2-3,8-13H2,1H3,(H,19,23)(H,20,24);1H. The number of rotatable bonds is 5. The molecule has 1 amide bonds. The molecule has 1 aromatic carbocycles. The molecule has 1 aliphatic heterocycles. The fourth-order valence-electron chi connectivity index (χ4n) is 3.36. The number of halogens is 1. The maximum atomic E-state index is 12.4. The van der Waals surface area contributed by atoms with E-state index >= 15 is 0 Å². The fourth-order valence-corrected chi connectivity index (χ4v) is 3.36. The minimum Gasteiger partial charge on any atom is -0.337 e. The van der Waals surface area contributed by atoms with Gasteiger partial charge in [0.05, 0.1) is 11.0 Å². The van der Waals surface area contributed by atoms with Gasteiger partial charge in [0, 0.05) is 6.54 Å². The van der Waals surface area contributed by atoms with E-state index in [-0.39, 0.29) is 24.1 Å². The van der Waals surface area contributed by atoms with Gasteiger partial charge in [-0.1, -0.05) is 25.5 Å². The first-order chi connectivity index (χ1) is 11.7. The highest BCUT2D eigenvalue weighted by Crippen LogP contribution is 2.17. The number of unbranched alkanes of at least 4 members (excludes halogenated alkanes) is 1. The number of likely N-dealkylation sites (tertiary alicyclic amines) is 1. The maximum absolute atomic E-state index is 12.4. The summed E-state index contributed by atoms with van der Waals surface area (Å²) in [6.45, 7) is 6.24. The minimum absolute atomic E-state index is 0. The van der Waals surface area contributed by atoms with Gasteiger partial charge in [-0.3, -0.25) is 0 Å². The van der Waals surface area contributed by atoms with E-state index in [9.17, 15) is 9.59 Å². The van der Waals surface area contributed by atoms with Crippen molar-refractivity contribution in [2.75, 3.05) is 26.2 Å². The van der Waals surface area contributed by atoms with Crippen LogP contribution in [0, 0.1) is 5.92 Å². The van der Waals surface area contributed by atoms with Crippen LogP contribution in [0.4, 0.5) is 4.79 Å². The van der Waals surface area contributed by atoms with E-state index in [2.05, 4.69) is 22.1 Å². The van der Waals surface area contributed by atoms with Crippen LogP contribution >= 0.6 is 12.4 Å². The molecule has 1 fully saturated rings. The predicted octanol–water partition coefficient (Wildman–Crippen LogP) is 2.82. The van der Waals surface area contributed by atoms with Gasteiger partial charge >= 0.3 is 11.7 Å². The van der Waals surface area contributed by atoms with Gasteiger partial charge in [0.25, 0.3) is 0 Å². The summed E-state index contributed by atoms with van der Waals surface area (Å²) in [5, 5.41) is 2.93. The number of nitrogens with one attached hydrogen (secondary N) is 2. The summed E-state index contributed by atoms with van der Waals surface area (Å²) >= 11 is 0. The van der Waals surface area contributed by atoms with Crippen molar-refractivity contribution < 1.29 is 4.79 Å². The molecule has 25 heavy (non-hydrogen) atoms. The molecule has 1 saturated heterocycles. The number of benzene rings is 1. The number of fused-ring (bicyclic) bond motifs is 1. The number of nitrogens with zero attached hydrogens (tertiary/aromatic N) is 2. The highest BCUT2D eigenvalue weighted by molar-refractivity contribution is 5.88. The molecule has 0 radical (unpaired) electrons. The van der Waals surface area contributed by atoms with E-state index in [1.165, 1.54) is 24.0 Å². The minimum atomic E-state index is -0.386. The third-order valence-electron chi connectivity index (χ3n) is 4.87. The first kappa shape index (κ1) is 19.5. The van der Waals surface area contributed by atoms with Gasteiger partial charge in [-0.25, -0.2) is 14.2 Å². The Morgan fingerprint density at radius 2 is 2.00 bits per heavy atom. The second kappa shape index (κ2) is 9.06. The van der Waals surface area contributed by atoms with Crippen molar-refractivity contribution in [1.82, 2.24) is 19.8 Å². The Hall–Kier alpha value is -1.79. The summed E-state index contributed by atoms with van der Waals surface area (Å²) < 4.78 is 1.19. The van der Waals surface area contributed by atoms with Crippen molar-refractivity contribution in [2.45, 2.75) is 32.6 Å². The van der Waals surface area contributed by atoms with Gasteiger partial charge in [0.15, 0.2) is 0 Å². The number of carbonyl (C=O) groups excluding carboxylic acids is 1. The summed E-state index contributed by atoms with van der Waals surface area (Å²) in [6, 6.07) is 6.90. The molecule has 1 aromatic heterocycles. The number of aromatic nitrogens is 2. The highest BCUT2D eigenvalue weighted by Gasteiger charge is 2.20. The monoisotopic (exact) mass is 366 g/mol. The first-order valence-corrected chi connectivity index (χ1v) is 8.89. The van der Waals surface area contributed by atoms with Gasteiger partial charge < -0.3 is 15.2 Å². The van der Waals surface area contributed by atoms with Gasteiger partial charge in [-0.2, -0.15) is 0 Å². The molecule has 138 valence electrons. The number of carbonyl (C=O) groups is 1. The number of aromatic amines is 1. The molecular weight excluding hydrogens is 340 g/mol. The van der Waals surface area contributed by atoms with Gasteiger partial charge in [-0.15, -0.1) is 12.4 Å². The van der Waals surface area contributed by atoms with Crippen LogP contribution in [0.3, 0.4) is 0 Å². The molecule has 2 aromatic rings. The molecule has 6 nitrogen and oxygen atoms in total. The molecule has 3 rings (SSSR count). The third kappa shape index (κ3) is 4.64. The quantitative estimate of drug-likeness (QED) is 0.854. The number of H-pyrrole nitrogens is 1. The van der Waals surface area contributed by atoms with Crippen LogP contribution < -0.4 is 11.0 Å². The Kier molecular flexibility index (Phi) is 7.08. The highest BCUT2D eigenvalue weighted by atomic mass is 35.5. The lowest BCUT2D eigenvalue weighted by atomic mass is 9.96. The Morgan fingerprint density at radius 3 is 2.72 bits per heavy atom. The summed E-state index contributed by atoms with van der Waals surface area (Å²) in [6.07, 6.45) is 4.69. The van der Waals surface area contributed by atoms with E-state index in [0.29, 0.717) is 23.5 Å². The van der Waals surface area contributed by atoms with Crippen LogP contribution in [0.1, 0.15) is 32.6 Å². The molecule has 0 atom stereocenters. The molecule has 0 spiro atoms. The van der Waals surface area contributed by atoms with E-state index in [4.69, 9.17) is 0 Å². The molecule has 0 aliphatic carbocycles. The number of piperidine rings is 1. The molecule has 1 aliphatic rings. The Labute approximate surface area is 154 Å². The number of imidazole rings is 1. The first-order valence-electron chi connectivity index (χ1n) is 8.89. The van der Waals surface area contributed by atoms with Crippen molar-refractivity contribution in [3.05, 3.63) is 34.7 Å².